The molecule has 0 heterocycles. The fraction of sp³-hybridized carbons (Fsp3) is 0.524. The summed E-state index contributed by atoms with van der Waals surface area (Å²) in [6, 6.07) is 0. The summed E-state index contributed by atoms with van der Waals surface area (Å²) in [5.41, 5.74) is 1.19. The Hall–Kier alpha value is -1.30. The van der Waals surface area contributed by atoms with Gasteiger partial charge in [0.2, 0.25) is 0 Å². The maximum atomic E-state index is 3.99. The van der Waals surface area contributed by atoms with Crippen LogP contribution in [-0.4, -0.2) is 0 Å². The summed E-state index contributed by atoms with van der Waals surface area (Å²) in [4.78, 5) is 0. The van der Waals surface area contributed by atoms with E-state index in [-0.39, 0.29) is 0 Å². The third kappa shape index (κ3) is 10.1. The van der Waals surface area contributed by atoms with Gasteiger partial charge in [-0.3, -0.25) is 0 Å². The molecule has 0 aromatic heterocycles. The molecule has 0 rings (SSSR count). The van der Waals surface area contributed by atoms with Crippen LogP contribution >= 0.6 is 0 Å². The van der Waals surface area contributed by atoms with Crippen LogP contribution in [0.15, 0.2) is 61.3 Å². The topological polar surface area (TPSA) is 0 Å². The second-order valence-corrected chi connectivity index (χ2v) is 5.68. The molecule has 0 aromatic rings. The lowest BCUT2D eigenvalue weighted by molar-refractivity contribution is 0.389. The van der Waals surface area contributed by atoms with Crippen molar-refractivity contribution in [2.24, 2.45) is 11.8 Å². The molecular weight excluding hydrogens is 252 g/mol. The fourth-order valence-corrected chi connectivity index (χ4v) is 2.70. The van der Waals surface area contributed by atoms with E-state index in [9.17, 15) is 0 Å². The molecule has 0 N–H and O–H groups in total. The minimum Gasteiger partial charge on any atom is -0.102 e. The van der Waals surface area contributed by atoms with Crippen LogP contribution in [0.3, 0.4) is 0 Å². The fourth-order valence-electron chi connectivity index (χ4n) is 2.70. The van der Waals surface area contributed by atoms with Crippen LogP contribution in [0.2, 0.25) is 0 Å². The molecular formula is C21H34. The van der Waals surface area contributed by atoms with Crippen molar-refractivity contribution in [2.45, 2.75) is 59.3 Å². The van der Waals surface area contributed by atoms with E-state index in [1.165, 1.54) is 44.1 Å². The highest BCUT2D eigenvalue weighted by molar-refractivity contribution is 5.33. The van der Waals surface area contributed by atoms with Gasteiger partial charge in [-0.2, -0.15) is 0 Å². The quantitative estimate of drug-likeness (QED) is 0.267. The average Bonchev–Trinajstić information content (AvgIpc) is 2.48. The Bertz CT molecular complexity index is 348. The SMILES string of the molecule is C=C/C=C(\C=C/C)/C=C/C(C=C)CCC(CCC)CCC. The molecule has 0 radical (unpaired) electrons. The Morgan fingerprint density at radius 3 is 2.10 bits per heavy atom. The van der Waals surface area contributed by atoms with Crippen molar-refractivity contribution in [3.8, 4) is 0 Å². The third-order valence-corrected chi connectivity index (χ3v) is 3.81. The first kappa shape index (κ1) is 19.7. The van der Waals surface area contributed by atoms with Gasteiger partial charge in [0.25, 0.3) is 0 Å². The van der Waals surface area contributed by atoms with E-state index in [0.29, 0.717) is 5.92 Å². The van der Waals surface area contributed by atoms with Crippen LogP contribution < -0.4 is 0 Å². The van der Waals surface area contributed by atoms with Crippen molar-refractivity contribution in [1.82, 2.24) is 0 Å². The summed E-state index contributed by atoms with van der Waals surface area (Å²) in [6.07, 6.45) is 22.4. The zero-order chi connectivity index (χ0) is 15.9. The highest BCUT2D eigenvalue weighted by Gasteiger charge is 2.09. The Morgan fingerprint density at radius 1 is 0.952 bits per heavy atom. The van der Waals surface area contributed by atoms with Crippen LogP contribution in [0.25, 0.3) is 0 Å². The van der Waals surface area contributed by atoms with Crippen LogP contribution in [0.1, 0.15) is 59.3 Å². The van der Waals surface area contributed by atoms with Gasteiger partial charge in [-0.15, -0.1) is 6.58 Å². The van der Waals surface area contributed by atoms with Crippen molar-refractivity contribution >= 4 is 0 Å². The normalized spacial score (nSPS) is 14.2. The predicted molar refractivity (Wildman–Crippen MR) is 98.5 cm³/mol. The number of hydrogen-bond donors (Lipinski definition) is 0. The van der Waals surface area contributed by atoms with E-state index in [2.05, 4.69) is 57.4 Å². The van der Waals surface area contributed by atoms with Crippen molar-refractivity contribution in [3.05, 3.63) is 61.3 Å². The predicted octanol–water partition coefficient (Wildman–Crippen LogP) is 7.03. The smallest absolute Gasteiger partial charge is 0.00527 e. The molecule has 1 atom stereocenters. The molecule has 0 aromatic carbocycles. The van der Waals surface area contributed by atoms with Crippen LogP contribution in [0.4, 0.5) is 0 Å². The third-order valence-electron chi connectivity index (χ3n) is 3.81. The van der Waals surface area contributed by atoms with Crippen molar-refractivity contribution in [3.63, 3.8) is 0 Å². The van der Waals surface area contributed by atoms with Crippen molar-refractivity contribution < 1.29 is 0 Å². The Morgan fingerprint density at radius 2 is 1.62 bits per heavy atom. The molecule has 0 bridgehead atoms. The van der Waals surface area contributed by atoms with Gasteiger partial charge < -0.3 is 0 Å². The average molecular weight is 287 g/mol. The molecule has 21 heavy (non-hydrogen) atoms. The molecule has 0 aliphatic carbocycles. The van der Waals surface area contributed by atoms with Gasteiger partial charge in [0.1, 0.15) is 0 Å². The zero-order valence-corrected chi connectivity index (χ0v) is 14.4. The van der Waals surface area contributed by atoms with Gasteiger partial charge >= 0.3 is 0 Å². The zero-order valence-electron chi connectivity index (χ0n) is 14.4. The summed E-state index contributed by atoms with van der Waals surface area (Å²) < 4.78 is 0. The first-order valence-corrected chi connectivity index (χ1v) is 8.47. The lowest BCUT2D eigenvalue weighted by Crippen LogP contribution is -2.03. The van der Waals surface area contributed by atoms with E-state index in [4.69, 9.17) is 0 Å². The molecule has 0 spiro atoms. The van der Waals surface area contributed by atoms with E-state index >= 15 is 0 Å². The monoisotopic (exact) mass is 286 g/mol. The Balaban J connectivity index is 4.53. The summed E-state index contributed by atoms with van der Waals surface area (Å²) in [5, 5.41) is 0. The molecule has 0 saturated carbocycles. The first-order chi connectivity index (χ1) is 10.2. The van der Waals surface area contributed by atoms with Crippen LogP contribution in [-0.2, 0) is 0 Å². The van der Waals surface area contributed by atoms with E-state index in [1.807, 2.05) is 19.1 Å². The molecule has 1 unspecified atom stereocenters. The molecule has 0 aliphatic heterocycles. The standard InChI is InChI=1S/C21H34/c1-6-11-20(12-7-2)17-15-19(10-5)16-18-21(13-8-3)14-9-4/h6-7,10-12,15,17,19,21H,1,5,8-9,13-14,16,18H2,2-4H3/b12-7-,17-15+,20-11+. The Kier molecular flexibility index (Phi) is 12.8. The summed E-state index contributed by atoms with van der Waals surface area (Å²) >= 11 is 0. The molecule has 118 valence electrons. The highest BCUT2D eigenvalue weighted by atomic mass is 14.1. The number of hydrogen-bond acceptors (Lipinski definition) is 0. The molecule has 0 fully saturated rings. The highest BCUT2D eigenvalue weighted by Crippen LogP contribution is 2.23. The van der Waals surface area contributed by atoms with Gasteiger partial charge in [-0.1, -0.05) is 88.6 Å². The minimum atomic E-state index is 0.472. The van der Waals surface area contributed by atoms with E-state index in [1.54, 1.807) is 0 Å². The van der Waals surface area contributed by atoms with E-state index in [0.717, 1.165) is 5.92 Å². The maximum Gasteiger partial charge on any atom is -0.00527 e. The molecule has 0 nitrogen and oxygen atoms in total. The summed E-state index contributed by atoms with van der Waals surface area (Å²) in [6.45, 7) is 14.4. The lowest BCUT2D eigenvalue weighted by atomic mass is 9.89. The Labute approximate surface area is 133 Å². The van der Waals surface area contributed by atoms with Gasteiger partial charge in [0.05, 0.1) is 0 Å². The number of rotatable bonds is 12. The van der Waals surface area contributed by atoms with Crippen LogP contribution in [0.5, 0.6) is 0 Å². The first-order valence-electron chi connectivity index (χ1n) is 8.47. The maximum absolute atomic E-state index is 3.99. The van der Waals surface area contributed by atoms with Gasteiger partial charge in [0, 0.05) is 0 Å². The summed E-state index contributed by atoms with van der Waals surface area (Å²) in [5.74, 6) is 1.36. The molecule has 0 heteroatoms. The van der Waals surface area contributed by atoms with E-state index < -0.39 is 0 Å². The van der Waals surface area contributed by atoms with Gasteiger partial charge in [-0.25, -0.2) is 0 Å². The minimum absolute atomic E-state index is 0.472. The number of allylic oxidation sites excluding steroid dienone is 8. The van der Waals surface area contributed by atoms with Crippen molar-refractivity contribution in [1.29, 1.82) is 0 Å². The second kappa shape index (κ2) is 13.7. The lowest BCUT2D eigenvalue weighted by Gasteiger charge is -2.17. The largest absolute Gasteiger partial charge is 0.102 e. The van der Waals surface area contributed by atoms with Crippen molar-refractivity contribution in [2.75, 3.05) is 0 Å². The second-order valence-electron chi connectivity index (χ2n) is 5.68. The van der Waals surface area contributed by atoms with Gasteiger partial charge in [-0.05, 0) is 37.2 Å². The molecule has 0 amide bonds. The van der Waals surface area contributed by atoms with Crippen LogP contribution in [0, 0.1) is 11.8 Å². The van der Waals surface area contributed by atoms with Gasteiger partial charge in [0.15, 0.2) is 0 Å². The summed E-state index contributed by atoms with van der Waals surface area (Å²) in [7, 11) is 0. The molecule has 0 aliphatic rings. The molecule has 0 saturated heterocycles.